The number of nitrogens with zero attached hydrogens (tertiary/aromatic N) is 2. The van der Waals surface area contributed by atoms with Gasteiger partial charge in [-0.3, -0.25) is 14.5 Å². The number of hydrogen-bond acceptors (Lipinski definition) is 5. The van der Waals surface area contributed by atoms with Crippen LogP contribution in [0.1, 0.15) is 18.4 Å². The molecule has 2 saturated heterocycles. The molecule has 2 fully saturated rings. The maximum absolute atomic E-state index is 12.5. The number of likely N-dealkylation sites (tertiary alicyclic amines) is 2. The molecule has 2 aliphatic heterocycles. The second-order valence-corrected chi connectivity index (χ2v) is 8.17. The lowest BCUT2D eigenvalue weighted by Gasteiger charge is -2.46. The van der Waals surface area contributed by atoms with Crippen molar-refractivity contribution in [3.05, 3.63) is 40.4 Å². The number of nitrogens with one attached hydrogen (secondary N) is 1. The molecule has 0 aromatic heterocycles. The predicted octanol–water partition coefficient (Wildman–Crippen LogP) is 3.02. The molecular weight excluding hydrogens is 413 g/mol. The number of carbonyl (C=O) groups excluding carboxylic acids is 2. The van der Waals surface area contributed by atoms with Gasteiger partial charge >= 0.3 is 0 Å². The third kappa shape index (κ3) is 6.71. The van der Waals surface area contributed by atoms with Gasteiger partial charge in [0.15, 0.2) is 0 Å². The Bertz CT molecular complexity index is 709. The van der Waals surface area contributed by atoms with E-state index in [-0.39, 0.29) is 11.8 Å². The van der Waals surface area contributed by atoms with Crippen LogP contribution in [0.2, 0.25) is 10.0 Å². The molecule has 1 N–H and O–H groups in total. The van der Waals surface area contributed by atoms with Crippen molar-refractivity contribution < 1.29 is 14.3 Å². The Morgan fingerprint density at radius 2 is 1.86 bits per heavy atom. The number of rotatable bonds is 6. The van der Waals surface area contributed by atoms with Crippen LogP contribution in [0.3, 0.4) is 0 Å². The number of aldehydes is 1. The van der Waals surface area contributed by atoms with Gasteiger partial charge in [-0.25, -0.2) is 0 Å². The van der Waals surface area contributed by atoms with Crippen molar-refractivity contribution in [2.75, 3.05) is 40.3 Å². The number of likely N-dealkylation sites (N-methyl/N-ethyl adjacent to an activating group) is 1. The van der Waals surface area contributed by atoms with Crippen LogP contribution in [-0.2, 0) is 16.1 Å². The van der Waals surface area contributed by atoms with E-state index in [0.29, 0.717) is 34.7 Å². The Balaban J connectivity index is 0.000000687. The summed E-state index contributed by atoms with van der Waals surface area (Å²) in [6.45, 7) is 7.81. The monoisotopic (exact) mass is 441 g/mol. The number of methoxy groups -OCH3 is 1. The molecule has 160 valence electrons. The summed E-state index contributed by atoms with van der Waals surface area (Å²) in [5, 5.41) is 3.93. The number of hydrogen-bond donors (Lipinski definition) is 1. The Labute approximate surface area is 182 Å². The number of carbonyl (C=O) groups is 2. The van der Waals surface area contributed by atoms with Gasteiger partial charge in [-0.15, -0.1) is 0 Å². The molecule has 3 rings (SSSR count). The van der Waals surface area contributed by atoms with Gasteiger partial charge < -0.3 is 15.0 Å². The van der Waals surface area contributed by atoms with Crippen LogP contribution in [0, 0.1) is 5.92 Å². The summed E-state index contributed by atoms with van der Waals surface area (Å²) in [6.07, 6.45) is 3.68. The van der Waals surface area contributed by atoms with Crippen LogP contribution in [0.25, 0.3) is 0 Å². The number of piperidine rings is 1. The Morgan fingerprint density at radius 1 is 1.28 bits per heavy atom. The fraction of sp³-hybridized carbons (Fsp3) is 0.524. The zero-order valence-corrected chi connectivity index (χ0v) is 18.5. The number of benzene rings is 1. The molecule has 0 unspecified atom stereocenters. The van der Waals surface area contributed by atoms with Gasteiger partial charge in [0, 0.05) is 43.2 Å². The first-order valence-corrected chi connectivity index (χ1v) is 10.4. The quantitative estimate of drug-likeness (QED) is 0.542. The maximum atomic E-state index is 12.5. The van der Waals surface area contributed by atoms with E-state index < -0.39 is 0 Å². The summed E-state index contributed by atoms with van der Waals surface area (Å²) < 4.78 is 5.32. The Kier molecular flexibility index (Phi) is 9.43. The van der Waals surface area contributed by atoms with Gasteiger partial charge in [0.2, 0.25) is 5.91 Å². The molecule has 0 atom stereocenters. The van der Waals surface area contributed by atoms with E-state index in [1.165, 1.54) is 6.08 Å². The predicted molar refractivity (Wildman–Crippen MR) is 117 cm³/mol. The fourth-order valence-corrected chi connectivity index (χ4v) is 3.99. The minimum atomic E-state index is 0.0859. The SMILES string of the molecule is C=CC=O.COc1cc(Cl)c(Cl)cc1CNC(=O)C1CCN(C2CN(C)C2)CC1. The average Bonchev–Trinajstić information content (AvgIpc) is 2.72. The molecular formula is C21H29Cl2N3O3. The standard InChI is InChI=1S/C18H25Cl2N3O2.C3H4O/c1-22-10-14(11-22)23-5-3-12(4-6-23)18(24)21-9-13-7-15(19)16(20)8-17(13)25-2;1-2-3-4/h7-8,12,14H,3-6,9-11H2,1-2H3,(H,21,24);2-3H,1H2. The summed E-state index contributed by atoms with van der Waals surface area (Å²) in [6, 6.07) is 4.10. The molecule has 8 heteroatoms. The van der Waals surface area contributed by atoms with Gasteiger partial charge in [0.25, 0.3) is 0 Å². The zero-order valence-electron chi connectivity index (χ0n) is 17.0. The summed E-state index contributed by atoms with van der Waals surface area (Å²) in [7, 11) is 3.73. The van der Waals surface area contributed by atoms with Crippen LogP contribution in [-0.4, -0.2) is 68.4 Å². The van der Waals surface area contributed by atoms with Crippen LogP contribution in [0.4, 0.5) is 0 Å². The maximum Gasteiger partial charge on any atom is 0.223 e. The fourth-order valence-electron chi connectivity index (χ4n) is 3.65. The lowest BCUT2D eigenvalue weighted by molar-refractivity contribution is -0.127. The molecule has 2 heterocycles. The van der Waals surface area contributed by atoms with Crippen molar-refractivity contribution in [1.82, 2.24) is 15.1 Å². The number of halogens is 2. The van der Waals surface area contributed by atoms with Crippen molar-refractivity contribution >= 4 is 35.4 Å². The molecule has 1 amide bonds. The number of allylic oxidation sites excluding steroid dienone is 1. The molecule has 29 heavy (non-hydrogen) atoms. The van der Waals surface area contributed by atoms with Crippen LogP contribution >= 0.6 is 23.2 Å². The van der Waals surface area contributed by atoms with Crippen molar-refractivity contribution in [3.63, 3.8) is 0 Å². The molecule has 0 aliphatic carbocycles. The van der Waals surface area contributed by atoms with Crippen molar-refractivity contribution in [2.45, 2.75) is 25.4 Å². The molecule has 0 bridgehead atoms. The summed E-state index contributed by atoms with van der Waals surface area (Å²) >= 11 is 12.1. The minimum Gasteiger partial charge on any atom is -0.496 e. The molecule has 0 saturated carbocycles. The van der Waals surface area contributed by atoms with Crippen molar-refractivity contribution in [2.24, 2.45) is 5.92 Å². The van der Waals surface area contributed by atoms with Gasteiger partial charge in [-0.2, -0.15) is 0 Å². The molecule has 1 aromatic carbocycles. The topological polar surface area (TPSA) is 61.9 Å². The highest BCUT2D eigenvalue weighted by molar-refractivity contribution is 6.42. The highest BCUT2D eigenvalue weighted by Crippen LogP contribution is 2.30. The normalized spacial score (nSPS) is 18.2. The average molecular weight is 442 g/mol. The Hall–Kier alpha value is -1.60. The van der Waals surface area contributed by atoms with E-state index in [9.17, 15) is 4.79 Å². The van der Waals surface area contributed by atoms with E-state index in [1.54, 1.807) is 19.2 Å². The van der Waals surface area contributed by atoms with Gasteiger partial charge in [-0.05, 0) is 45.1 Å². The first-order valence-electron chi connectivity index (χ1n) is 9.68. The van der Waals surface area contributed by atoms with Crippen LogP contribution in [0.15, 0.2) is 24.8 Å². The van der Waals surface area contributed by atoms with E-state index in [1.807, 2.05) is 0 Å². The van der Waals surface area contributed by atoms with Crippen molar-refractivity contribution in [3.8, 4) is 5.75 Å². The largest absolute Gasteiger partial charge is 0.496 e. The van der Waals surface area contributed by atoms with E-state index in [2.05, 4.69) is 28.7 Å². The third-order valence-corrected chi connectivity index (χ3v) is 6.06. The van der Waals surface area contributed by atoms with E-state index in [4.69, 9.17) is 32.7 Å². The lowest BCUT2D eigenvalue weighted by atomic mass is 9.93. The summed E-state index contributed by atoms with van der Waals surface area (Å²) in [4.78, 5) is 26.4. The molecule has 0 radical (unpaired) electrons. The smallest absolute Gasteiger partial charge is 0.223 e. The van der Waals surface area contributed by atoms with Gasteiger partial charge in [0.05, 0.1) is 17.2 Å². The van der Waals surface area contributed by atoms with Gasteiger partial charge in [-0.1, -0.05) is 29.8 Å². The second-order valence-electron chi connectivity index (χ2n) is 7.35. The summed E-state index contributed by atoms with van der Waals surface area (Å²) in [5.74, 6) is 0.833. The van der Waals surface area contributed by atoms with Crippen LogP contribution in [0.5, 0.6) is 5.75 Å². The zero-order chi connectivity index (χ0) is 21.4. The third-order valence-electron chi connectivity index (χ3n) is 5.33. The van der Waals surface area contributed by atoms with Crippen LogP contribution < -0.4 is 10.1 Å². The summed E-state index contributed by atoms with van der Waals surface area (Å²) in [5.41, 5.74) is 0.834. The number of ether oxygens (including phenoxy) is 1. The lowest BCUT2D eigenvalue weighted by Crippen LogP contribution is -2.59. The molecule has 6 nitrogen and oxygen atoms in total. The highest BCUT2D eigenvalue weighted by atomic mass is 35.5. The first kappa shape index (κ1) is 23.7. The first-order chi connectivity index (χ1) is 13.9. The minimum absolute atomic E-state index is 0.0859. The Morgan fingerprint density at radius 3 is 2.38 bits per heavy atom. The van der Waals surface area contributed by atoms with E-state index in [0.717, 1.165) is 44.6 Å². The second kappa shape index (κ2) is 11.6. The number of amides is 1. The molecule has 1 aromatic rings. The van der Waals surface area contributed by atoms with Crippen molar-refractivity contribution in [1.29, 1.82) is 0 Å². The highest BCUT2D eigenvalue weighted by Gasteiger charge is 2.33. The van der Waals surface area contributed by atoms with Gasteiger partial charge in [0.1, 0.15) is 12.0 Å². The molecule has 2 aliphatic rings. The van der Waals surface area contributed by atoms with E-state index >= 15 is 0 Å². The molecule has 0 spiro atoms.